The SMILES string of the molecule is CCOc1cc(CC(C)C(=O)O)ccc1OC(F)F. The Morgan fingerprint density at radius 1 is 1.37 bits per heavy atom. The third-order valence-electron chi connectivity index (χ3n) is 2.49. The van der Waals surface area contributed by atoms with Crippen LogP contribution in [0.25, 0.3) is 0 Å². The molecule has 6 heteroatoms. The number of carbonyl (C=O) groups is 1. The Hall–Kier alpha value is -1.85. The number of ether oxygens (including phenoxy) is 2. The summed E-state index contributed by atoms with van der Waals surface area (Å²) in [5.74, 6) is -1.33. The predicted octanol–water partition coefficient (Wildman–Crippen LogP) is 2.95. The highest BCUT2D eigenvalue weighted by Crippen LogP contribution is 2.30. The lowest BCUT2D eigenvalue weighted by molar-refractivity contribution is -0.141. The maximum absolute atomic E-state index is 12.2. The number of benzene rings is 1. The summed E-state index contributed by atoms with van der Waals surface area (Å²) < 4.78 is 33.9. The van der Waals surface area contributed by atoms with Crippen LogP contribution in [0.5, 0.6) is 11.5 Å². The van der Waals surface area contributed by atoms with Crippen molar-refractivity contribution in [3.63, 3.8) is 0 Å². The number of hydrogen-bond acceptors (Lipinski definition) is 3. The summed E-state index contributed by atoms with van der Waals surface area (Å²) in [6.45, 7) is 0.672. The molecule has 1 atom stereocenters. The van der Waals surface area contributed by atoms with Gasteiger partial charge in [0, 0.05) is 0 Å². The molecule has 1 N–H and O–H groups in total. The molecule has 0 radical (unpaired) electrons. The van der Waals surface area contributed by atoms with Crippen molar-refractivity contribution >= 4 is 5.97 Å². The first-order chi connectivity index (χ1) is 8.93. The van der Waals surface area contributed by atoms with Crippen LogP contribution in [0.1, 0.15) is 19.4 Å². The fraction of sp³-hybridized carbons (Fsp3) is 0.462. The van der Waals surface area contributed by atoms with Gasteiger partial charge in [0.05, 0.1) is 12.5 Å². The molecule has 19 heavy (non-hydrogen) atoms. The standard InChI is InChI=1S/C13H16F2O4/c1-3-18-11-7-9(6-8(2)12(16)17)4-5-10(11)19-13(14)15/h4-5,7-8,13H,3,6H2,1-2H3,(H,16,17). The zero-order chi connectivity index (χ0) is 14.4. The largest absolute Gasteiger partial charge is 0.490 e. The van der Waals surface area contributed by atoms with Gasteiger partial charge in [0.25, 0.3) is 0 Å². The van der Waals surface area contributed by atoms with Crippen LogP contribution in [-0.2, 0) is 11.2 Å². The fourth-order valence-corrected chi connectivity index (χ4v) is 1.58. The predicted molar refractivity (Wildman–Crippen MR) is 64.7 cm³/mol. The first-order valence-electron chi connectivity index (χ1n) is 5.87. The summed E-state index contributed by atoms with van der Waals surface area (Å²) in [4.78, 5) is 10.8. The third kappa shape index (κ3) is 4.73. The zero-order valence-corrected chi connectivity index (χ0v) is 10.7. The number of halogens is 2. The van der Waals surface area contributed by atoms with E-state index in [1.165, 1.54) is 12.1 Å². The first-order valence-corrected chi connectivity index (χ1v) is 5.87. The zero-order valence-electron chi connectivity index (χ0n) is 10.7. The van der Waals surface area contributed by atoms with Gasteiger partial charge in [0.2, 0.25) is 0 Å². The Morgan fingerprint density at radius 3 is 2.58 bits per heavy atom. The number of hydrogen-bond donors (Lipinski definition) is 1. The normalized spacial score (nSPS) is 12.3. The van der Waals surface area contributed by atoms with Gasteiger partial charge in [-0.3, -0.25) is 4.79 Å². The molecule has 1 aromatic carbocycles. The molecule has 0 saturated carbocycles. The smallest absolute Gasteiger partial charge is 0.387 e. The van der Waals surface area contributed by atoms with Crippen LogP contribution < -0.4 is 9.47 Å². The highest BCUT2D eigenvalue weighted by atomic mass is 19.3. The average molecular weight is 274 g/mol. The van der Waals surface area contributed by atoms with E-state index in [1.54, 1.807) is 19.9 Å². The second-order valence-electron chi connectivity index (χ2n) is 4.04. The molecule has 0 aromatic heterocycles. The van der Waals surface area contributed by atoms with Crippen LogP contribution in [0, 0.1) is 5.92 Å². The molecule has 0 heterocycles. The molecular weight excluding hydrogens is 258 g/mol. The molecule has 1 unspecified atom stereocenters. The molecule has 0 fully saturated rings. The monoisotopic (exact) mass is 274 g/mol. The Morgan fingerprint density at radius 2 is 2.05 bits per heavy atom. The molecule has 1 aromatic rings. The van der Waals surface area contributed by atoms with E-state index < -0.39 is 18.5 Å². The molecule has 0 aliphatic rings. The molecule has 0 spiro atoms. The molecule has 0 amide bonds. The van der Waals surface area contributed by atoms with Crippen molar-refractivity contribution in [1.29, 1.82) is 0 Å². The van der Waals surface area contributed by atoms with Crippen LogP contribution in [0.4, 0.5) is 8.78 Å². The maximum Gasteiger partial charge on any atom is 0.387 e. The van der Waals surface area contributed by atoms with E-state index in [0.717, 1.165) is 0 Å². The lowest BCUT2D eigenvalue weighted by Crippen LogP contribution is -2.12. The number of alkyl halides is 2. The van der Waals surface area contributed by atoms with Crippen molar-refractivity contribution in [2.75, 3.05) is 6.61 Å². The molecular formula is C13H16F2O4. The number of rotatable bonds is 7. The Bertz CT molecular complexity index is 435. The van der Waals surface area contributed by atoms with E-state index in [0.29, 0.717) is 18.6 Å². The van der Waals surface area contributed by atoms with Gasteiger partial charge in [-0.2, -0.15) is 8.78 Å². The number of carboxylic acids is 1. The fourth-order valence-electron chi connectivity index (χ4n) is 1.58. The summed E-state index contributed by atoms with van der Waals surface area (Å²) in [6, 6.07) is 4.45. The van der Waals surface area contributed by atoms with Crippen molar-refractivity contribution in [2.45, 2.75) is 26.9 Å². The minimum Gasteiger partial charge on any atom is -0.490 e. The van der Waals surface area contributed by atoms with Crippen molar-refractivity contribution in [3.05, 3.63) is 23.8 Å². The van der Waals surface area contributed by atoms with Gasteiger partial charge >= 0.3 is 12.6 Å². The van der Waals surface area contributed by atoms with Crippen LogP contribution >= 0.6 is 0 Å². The van der Waals surface area contributed by atoms with Crippen molar-refractivity contribution in [1.82, 2.24) is 0 Å². The molecule has 0 aliphatic heterocycles. The molecule has 106 valence electrons. The first kappa shape index (κ1) is 15.2. The second-order valence-corrected chi connectivity index (χ2v) is 4.04. The molecule has 0 saturated heterocycles. The van der Waals surface area contributed by atoms with Crippen molar-refractivity contribution in [2.24, 2.45) is 5.92 Å². The van der Waals surface area contributed by atoms with Crippen molar-refractivity contribution in [3.8, 4) is 11.5 Å². The summed E-state index contributed by atoms with van der Waals surface area (Å²) in [7, 11) is 0. The Kier molecular flexibility index (Phi) is 5.54. The van der Waals surface area contributed by atoms with Gasteiger partial charge in [-0.1, -0.05) is 13.0 Å². The van der Waals surface area contributed by atoms with E-state index in [9.17, 15) is 13.6 Å². The third-order valence-corrected chi connectivity index (χ3v) is 2.49. The molecule has 1 rings (SSSR count). The topological polar surface area (TPSA) is 55.8 Å². The summed E-state index contributed by atoms with van der Waals surface area (Å²) >= 11 is 0. The van der Waals surface area contributed by atoms with Gasteiger partial charge in [0.1, 0.15) is 0 Å². The van der Waals surface area contributed by atoms with Gasteiger partial charge in [-0.25, -0.2) is 0 Å². The van der Waals surface area contributed by atoms with Crippen LogP contribution in [-0.4, -0.2) is 24.3 Å². The number of carboxylic acid groups (broad SMARTS) is 1. The molecule has 0 bridgehead atoms. The average Bonchev–Trinajstić information content (AvgIpc) is 2.32. The van der Waals surface area contributed by atoms with Crippen LogP contribution in [0.3, 0.4) is 0 Å². The summed E-state index contributed by atoms with van der Waals surface area (Å²) in [5.41, 5.74) is 0.694. The van der Waals surface area contributed by atoms with Gasteiger partial charge < -0.3 is 14.6 Å². The summed E-state index contributed by atoms with van der Waals surface area (Å²) in [6.07, 6.45) is 0.296. The highest BCUT2D eigenvalue weighted by molar-refractivity contribution is 5.70. The highest BCUT2D eigenvalue weighted by Gasteiger charge is 2.15. The molecule has 4 nitrogen and oxygen atoms in total. The van der Waals surface area contributed by atoms with Crippen LogP contribution in [0.2, 0.25) is 0 Å². The van der Waals surface area contributed by atoms with Crippen molar-refractivity contribution < 1.29 is 28.2 Å². The van der Waals surface area contributed by atoms with E-state index in [-0.39, 0.29) is 11.5 Å². The number of aliphatic carboxylic acids is 1. The Labute approximate surface area is 109 Å². The lowest BCUT2D eigenvalue weighted by Gasteiger charge is -2.13. The quantitative estimate of drug-likeness (QED) is 0.830. The molecule has 0 aliphatic carbocycles. The maximum atomic E-state index is 12.2. The van der Waals surface area contributed by atoms with Gasteiger partial charge in [0.15, 0.2) is 11.5 Å². The van der Waals surface area contributed by atoms with E-state index in [1.807, 2.05) is 0 Å². The van der Waals surface area contributed by atoms with Gasteiger partial charge in [-0.05, 0) is 31.0 Å². The van der Waals surface area contributed by atoms with E-state index >= 15 is 0 Å². The minimum atomic E-state index is -2.93. The van der Waals surface area contributed by atoms with Crippen LogP contribution in [0.15, 0.2) is 18.2 Å². The van der Waals surface area contributed by atoms with E-state index in [2.05, 4.69) is 4.74 Å². The minimum absolute atomic E-state index is 0.0522. The van der Waals surface area contributed by atoms with E-state index in [4.69, 9.17) is 9.84 Å². The summed E-state index contributed by atoms with van der Waals surface area (Å²) in [5, 5.41) is 8.83. The second kappa shape index (κ2) is 6.92. The van der Waals surface area contributed by atoms with Gasteiger partial charge in [-0.15, -0.1) is 0 Å². The Balaban J connectivity index is 2.91. The lowest BCUT2D eigenvalue weighted by atomic mass is 10.0.